The Morgan fingerprint density at radius 2 is 2.38 bits per heavy atom. The van der Waals surface area contributed by atoms with Crippen LogP contribution in [0.25, 0.3) is 0 Å². The molecule has 1 fully saturated rings. The lowest BCUT2D eigenvalue weighted by Crippen LogP contribution is -2.23. The summed E-state index contributed by atoms with van der Waals surface area (Å²) in [5, 5.41) is 9.76. The van der Waals surface area contributed by atoms with Crippen molar-refractivity contribution in [1.82, 2.24) is 5.32 Å². The maximum absolute atomic E-state index is 4.60. The first-order valence-electron chi connectivity index (χ1n) is 5.82. The van der Waals surface area contributed by atoms with Crippen molar-refractivity contribution in [1.29, 1.82) is 0 Å². The molecular formula is C12H16N2S2. The molecule has 2 unspecified atom stereocenters. The maximum Gasteiger partial charge on any atom is 0.157 e. The molecule has 0 spiro atoms. The number of hydrogen-bond acceptors (Lipinski definition) is 4. The van der Waals surface area contributed by atoms with Crippen molar-refractivity contribution in [3.05, 3.63) is 22.4 Å². The molecule has 16 heavy (non-hydrogen) atoms. The van der Waals surface area contributed by atoms with Crippen LogP contribution < -0.4 is 5.32 Å². The number of amidine groups is 1. The van der Waals surface area contributed by atoms with Crippen molar-refractivity contribution in [2.45, 2.75) is 31.1 Å². The van der Waals surface area contributed by atoms with Gasteiger partial charge in [-0.1, -0.05) is 11.8 Å². The molecule has 86 valence electrons. The van der Waals surface area contributed by atoms with Gasteiger partial charge in [-0.2, -0.15) is 11.3 Å². The van der Waals surface area contributed by atoms with Gasteiger partial charge in [-0.25, -0.2) is 0 Å². The van der Waals surface area contributed by atoms with Gasteiger partial charge in [0.2, 0.25) is 0 Å². The predicted octanol–water partition coefficient (Wildman–Crippen LogP) is 3.28. The maximum atomic E-state index is 4.60. The van der Waals surface area contributed by atoms with Crippen LogP contribution in [-0.2, 0) is 0 Å². The summed E-state index contributed by atoms with van der Waals surface area (Å²) in [4.78, 5) is 4.60. The van der Waals surface area contributed by atoms with E-state index in [0.717, 1.165) is 22.9 Å². The van der Waals surface area contributed by atoms with E-state index in [2.05, 4.69) is 34.1 Å². The molecule has 2 aliphatic rings. The molecule has 0 radical (unpaired) electrons. The zero-order valence-corrected chi connectivity index (χ0v) is 11.0. The summed E-state index contributed by atoms with van der Waals surface area (Å²) in [5.74, 6) is 0.949. The van der Waals surface area contributed by atoms with Gasteiger partial charge in [-0.3, -0.25) is 4.99 Å². The molecule has 0 aromatic carbocycles. The molecule has 1 aromatic heterocycles. The molecule has 4 heteroatoms. The summed E-state index contributed by atoms with van der Waals surface area (Å²) in [5.41, 5.74) is 1.36. The van der Waals surface area contributed by atoms with Gasteiger partial charge in [0, 0.05) is 5.25 Å². The number of thioether (sulfide) groups is 1. The average Bonchev–Trinajstić information content (AvgIpc) is 2.82. The number of thiophene rings is 1. The Kier molecular flexibility index (Phi) is 2.94. The standard InChI is InChI=1S/C12H16N2S2/c1-8(10-4-5-15-7-10)14-12-13-6-11(16-12)9-2-3-9/h4-5,7-9,11H,2-3,6H2,1H3,(H,13,14). The summed E-state index contributed by atoms with van der Waals surface area (Å²) in [6.07, 6.45) is 2.83. The van der Waals surface area contributed by atoms with E-state index < -0.39 is 0 Å². The van der Waals surface area contributed by atoms with Crippen LogP contribution in [0.4, 0.5) is 0 Å². The van der Waals surface area contributed by atoms with Gasteiger partial charge in [0.1, 0.15) is 0 Å². The van der Waals surface area contributed by atoms with Gasteiger partial charge in [0.15, 0.2) is 5.17 Å². The number of nitrogens with one attached hydrogen (secondary N) is 1. The minimum atomic E-state index is 0.385. The van der Waals surface area contributed by atoms with Gasteiger partial charge in [-0.05, 0) is 48.1 Å². The minimum Gasteiger partial charge on any atom is -0.358 e. The predicted molar refractivity (Wildman–Crippen MR) is 72.3 cm³/mol. The second-order valence-electron chi connectivity index (χ2n) is 4.56. The minimum absolute atomic E-state index is 0.385. The van der Waals surface area contributed by atoms with Crippen LogP contribution in [0, 0.1) is 5.92 Å². The first kappa shape index (κ1) is 10.7. The SMILES string of the molecule is CC(NC1=NCC(C2CC2)S1)c1ccsc1. The highest BCUT2D eigenvalue weighted by molar-refractivity contribution is 8.14. The normalized spacial score (nSPS) is 26.6. The summed E-state index contributed by atoms with van der Waals surface area (Å²) in [7, 11) is 0. The second-order valence-corrected chi connectivity index (χ2v) is 6.57. The Morgan fingerprint density at radius 1 is 1.50 bits per heavy atom. The Morgan fingerprint density at radius 3 is 3.06 bits per heavy atom. The molecule has 0 bridgehead atoms. The fraction of sp³-hybridized carbons (Fsp3) is 0.583. The van der Waals surface area contributed by atoms with E-state index in [1.54, 1.807) is 11.3 Å². The molecule has 2 nitrogen and oxygen atoms in total. The number of rotatable bonds is 3. The molecule has 1 N–H and O–H groups in total. The molecule has 1 aromatic rings. The first-order valence-corrected chi connectivity index (χ1v) is 7.65. The third-order valence-electron chi connectivity index (χ3n) is 3.21. The van der Waals surface area contributed by atoms with Crippen molar-refractivity contribution in [3.8, 4) is 0 Å². The van der Waals surface area contributed by atoms with Crippen molar-refractivity contribution >= 4 is 28.3 Å². The van der Waals surface area contributed by atoms with Crippen molar-refractivity contribution in [2.24, 2.45) is 10.9 Å². The molecule has 1 aliphatic carbocycles. The zero-order chi connectivity index (χ0) is 11.0. The van der Waals surface area contributed by atoms with E-state index in [1.165, 1.54) is 18.4 Å². The van der Waals surface area contributed by atoms with E-state index >= 15 is 0 Å². The van der Waals surface area contributed by atoms with E-state index in [9.17, 15) is 0 Å². The van der Waals surface area contributed by atoms with Gasteiger partial charge in [0.25, 0.3) is 0 Å². The van der Waals surface area contributed by atoms with Gasteiger partial charge < -0.3 is 5.32 Å². The molecular weight excluding hydrogens is 236 g/mol. The van der Waals surface area contributed by atoms with Crippen molar-refractivity contribution < 1.29 is 0 Å². The highest BCUT2D eigenvalue weighted by atomic mass is 32.2. The third-order valence-corrected chi connectivity index (χ3v) is 5.22. The van der Waals surface area contributed by atoms with Crippen molar-refractivity contribution in [2.75, 3.05) is 6.54 Å². The molecule has 0 amide bonds. The monoisotopic (exact) mass is 252 g/mol. The highest BCUT2D eigenvalue weighted by Crippen LogP contribution is 2.41. The smallest absolute Gasteiger partial charge is 0.157 e. The molecule has 0 saturated heterocycles. The summed E-state index contributed by atoms with van der Waals surface area (Å²) in [6, 6.07) is 2.57. The van der Waals surface area contributed by atoms with Crippen LogP contribution in [0.1, 0.15) is 31.4 Å². The highest BCUT2D eigenvalue weighted by Gasteiger charge is 2.35. The van der Waals surface area contributed by atoms with Gasteiger partial charge >= 0.3 is 0 Å². The molecule has 1 aliphatic heterocycles. The average molecular weight is 252 g/mol. The zero-order valence-electron chi connectivity index (χ0n) is 9.35. The number of nitrogens with zero attached hydrogens (tertiary/aromatic N) is 1. The van der Waals surface area contributed by atoms with E-state index in [1.807, 2.05) is 11.8 Å². The Labute approximate surface area is 105 Å². The summed E-state index contributed by atoms with van der Waals surface area (Å²) >= 11 is 3.70. The van der Waals surface area contributed by atoms with Crippen LogP contribution >= 0.6 is 23.1 Å². The van der Waals surface area contributed by atoms with Crippen LogP contribution in [0.15, 0.2) is 21.8 Å². The fourth-order valence-electron chi connectivity index (χ4n) is 1.97. The summed E-state index contributed by atoms with van der Waals surface area (Å²) in [6.45, 7) is 3.23. The Balaban J connectivity index is 1.55. The molecule has 3 rings (SSSR count). The van der Waals surface area contributed by atoms with Crippen LogP contribution in [0.2, 0.25) is 0 Å². The van der Waals surface area contributed by atoms with E-state index in [-0.39, 0.29) is 0 Å². The first-order chi connectivity index (χ1) is 7.83. The van der Waals surface area contributed by atoms with Gasteiger partial charge in [0.05, 0.1) is 12.6 Å². The quantitative estimate of drug-likeness (QED) is 0.893. The topological polar surface area (TPSA) is 24.4 Å². The van der Waals surface area contributed by atoms with E-state index in [0.29, 0.717) is 6.04 Å². The molecule has 2 heterocycles. The van der Waals surface area contributed by atoms with E-state index in [4.69, 9.17) is 0 Å². The Bertz CT molecular complexity index is 382. The summed E-state index contributed by atoms with van der Waals surface area (Å²) < 4.78 is 0. The lowest BCUT2D eigenvalue weighted by Gasteiger charge is -2.13. The largest absolute Gasteiger partial charge is 0.358 e. The van der Waals surface area contributed by atoms with Crippen LogP contribution in [0.3, 0.4) is 0 Å². The number of aliphatic imine (C=N–C) groups is 1. The van der Waals surface area contributed by atoms with Crippen molar-refractivity contribution in [3.63, 3.8) is 0 Å². The lowest BCUT2D eigenvalue weighted by molar-refractivity contribution is 0.724. The third kappa shape index (κ3) is 2.28. The second kappa shape index (κ2) is 4.41. The molecule has 1 saturated carbocycles. The van der Waals surface area contributed by atoms with Crippen LogP contribution in [0.5, 0.6) is 0 Å². The fourth-order valence-corrected chi connectivity index (χ4v) is 4.02. The lowest BCUT2D eigenvalue weighted by atomic mass is 10.2. The Hall–Kier alpha value is -0.480. The van der Waals surface area contributed by atoms with Crippen LogP contribution in [-0.4, -0.2) is 17.0 Å². The van der Waals surface area contributed by atoms with Gasteiger partial charge in [-0.15, -0.1) is 0 Å². The number of hydrogen-bond donors (Lipinski definition) is 1. The molecule has 2 atom stereocenters.